The Hall–Kier alpha value is -4.08. The molecule has 2 atom stereocenters. The van der Waals surface area contributed by atoms with Crippen molar-refractivity contribution in [2.24, 2.45) is 5.73 Å². The number of nitrogens with one attached hydrogen (secondary N) is 3. The number of aromatic hydroxyl groups is 2. The van der Waals surface area contributed by atoms with E-state index in [4.69, 9.17) is 5.73 Å². The lowest BCUT2D eigenvalue weighted by Crippen LogP contribution is -2.55. The lowest BCUT2D eigenvalue weighted by atomic mass is 10.0. The molecule has 10 heteroatoms. The number of benzene rings is 2. The number of amides is 4. The lowest BCUT2D eigenvalue weighted by Gasteiger charge is -2.23. The summed E-state index contributed by atoms with van der Waals surface area (Å²) in [6.45, 7) is 0.869. The Morgan fingerprint density at radius 3 is 1.62 bits per heavy atom. The van der Waals surface area contributed by atoms with Crippen LogP contribution in [0.2, 0.25) is 0 Å². The van der Waals surface area contributed by atoms with Crippen molar-refractivity contribution in [1.82, 2.24) is 16.0 Å². The molecular formula is C22H26N4O6. The van der Waals surface area contributed by atoms with Crippen molar-refractivity contribution < 1.29 is 29.4 Å². The fourth-order valence-electron chi connectivity index (χ4n) is 2.97. The molecule has 0 unspecified atom stereocenters. The van der Waals surface area contributed by atoms with Gasteiger partial charge in [0, 0.05) is 19.8 Å². The SMILES string of the molecule is CC(=O)N[C@@H](Cc1ccc(O)cc1)C(=O)N[C@@H](Cc1ccc(O)cc1)C(=O)NCC(N)=O. The van der Waals surface area contributed by atoms with Crippen LogP contribution in [0.3, 0.4) is 0 Å². The molecule has 0 bridgehead atoms. The second-order valence-electron chi connectivity index (χ2n) is 7.24. The fourth-order valence-corrected chi connectivity index (χ4v) is 2.97. The van der Waals surface area contributed by atoms with Crippen molar-refractivity contribution in [3.05, 3.63) is 59.7 Å². The monoisotopic (exact) mass is 442 g/mol. The fraction of sp³-hybridized carbons (Fsp3) is 0.273. The molecule has 2 aromatic carbocycles. The van der Waals surface area contributed by atoms with Crippen molar-refractivity contribution in [3.8, 4) is 11.5 Å². The molecule has 32 heavy (non-hydrogen) atoms. The smallest absolute Gasteiger partial charge is 0.243 e. The highest BCUT2D eigenvalue weighted by atomic mass is 16.3. The zero-order valence-electron chi connectivity index (χ0n) is 17.5. The van der Waals surface area contributed by atoms with Crippen LogP contribution in [-0.4, -0.2) is 52.5 Å². The first kappa shape index (κ1) is 24.2. The predicted octanol–water partition coefficient (Wildman–Crippen LogP) is -0.526. The third-order valence-electron chi connectivity index (χ3n) is 4.52. The molecule has 10 nitrogen and oxygen atoms in total. The van der Waals surface area contributed by atoms with Gasteiger partial charge in [-0.25, -0.2) is 0 Å². The minimum absolute atomic E-state index is 0.0483. The summed E-state index contributed by atoms with van der Waals surface area (Å²) in [7, 11) is 0. The van der Waals surface area contributed by atoms with E-state index in [1.807, 2.05) is 0 Å². The molecule has 0 aliphatic rings. The Kier molecular flexibility index (Phi) is 8.58. The van der Waals surface area contributed by atoms with Gasteiger partial charge in [0.25, 0.3) is 0 Å². The number of phenols is 2. The molecular weight excluding hydrogens is 416 g/mol. The standard InChI is InChI=1S/C22H26N4O6/c1-13(27)25-19(11-15-4-8-17(29)9-5-15)22(32)26-18(21(31)24-12-20(23)30)10-14-2-6-16(28)7-3-14/h2-9,18-19,28-29H,10-12H2,1H3,(H2,23,30)(H,24,31)(H,25,27)(H,26,32)/t18-,19-/m0/s1. The molecule has 0 radical (unpaired) electrons. The first-order chi connectivity index (χ1) is 15.1. The number of carbonyl (C=O) groups is 4. The molecule has 170 valence electrons. The van der Waals surface area contributed by atoms with Gasteiger partial charge in [-0.2, -0.15) is 0 Å². The van der Waals surface area contributed by atoms with Crippen LogP contribution in [0.15, 0.2) is 48.5 Å². The summed E-state index contributed by atoms with van der Waals surface area (Å²) in [4.78, 5) is 48.2. The summed E-state index contributed by atoms with van der Waals surface area (Å²) in [6, 6.07) is 10.2. The summed E-state index contributed by atoms with van der Waals surface area (Å²) < 4.78 is 0. The molecule has 0 spiro atoms. The first-order valence-corrected chi connectivity index (χ1v) is 9.83. The Labute approximate surface area is 184 Å². The van der Waals surface area contributed by atoms with E-state index in [1.54, 1.807) is 24.3 Å². The minimum Gasteiger partial charge on any atom is -0.508 e. The Balaban J connectivity index is 2.19. The summed E-state index contributed by atoms with van der Waals surface area (Å²) >= 11 is 0. The highest BCUT2D eigenvalue weighted by Gasteiger charge is 2.27. The van der Waals surface area contributed by atoms with Crippen LogP contribution in [0.4, 0.5) is 0 Å². The maximum absolute atomic E-state index is 13.0. The quantitative estimate of drug-likeness (QED) is 0.289. The zero-order valence-corrected chi connectivity index (χ0v) is 17.5. The van der Waals surface area contributed by atoms with Crippen LogP contribution < -0.4 is 21.7 Å². The second kappa shape index (κ2) is 11.3. The van der Waals surface area contributed by atoms with Crippen LogP contribution >= 0.6 is 0 Å². The van der Waals surface area contributed by atoms with Crippen LogP contribution in [0, 0.1) is 0 Å². The van der Waals surface area contributed by atoms with Gasteiger partial charge in [0.1, 0.15) is 23.6 Å². The number of carbonyl (C=O) groups excluding carboxylic acids is 4. The molecule has 0 aliphatic heterocycles. The molecule has 2 aromatic rings. The Morgan fingerprint density at radius 1 is 0.781 bits per heavy atom. The van der Waals surface area contributed by atoms with Crippen molar-refractivity contribution in [1.29, 1.82) is 0 Å². The normalized spacial score (nSPS) is 12.3. The summed E-state index contributed by atoms with van der Waals surface area (Å²) in [5.74, 6) is -2.29. The van der Waals surface area contributed by atoms with E-state index in [0.29, 0.717) is 11.1 Å². The summed E-state index contributed by atoms with van der Waals surface area (Å²) in [5.41, 5.74) is 6.41. The topological polar surface area (TPSA) is 171 Å². The van der Waals surface area contributed by atoms with E-state index < -0.39 is 42.3 Å². The second-order valence-corrected chi connectivity index (χ2v) is 7.24. The molecule has 0 aromatic heterocycles. The Bertz CT molecular complexity index is 959. The van der Waals surface area contributed by atoms with Crippen LogP contribution in [-0.2, 0) is 32.0 Å². The number of primary amides is 1. The van der Waals surface area contributed by atoms with E-state index in [-0.39, 0.29) is 24.3 Å². The molecule has 0 saturated carbocycles. The zero-order chi connectivity index (χ0) is 23.7. The van der Waals surface area contributed by atoms with E-state index in [2.05, 4.69) is 16.0 Å². The number of hydrogen-bond donors (Lipinski definition) is 6. The molecule has 4 amide bonds. The lowest BCUT2D eigenvalue weighted by molar-refractivity contribution is -0.132. The average Bonchev–Trinajstić information content (AvgIpc) is 2.73. The van der Waals surface area contributed by atoms with Crippen molar-refractivity contribution in [3.63, 3.8) is 0 Å². The van der Waals surface area contributed by atoms with Crippen molar-refractivity contribution in [2.45, 2.75) is 31.8 Å². The maximum Gasteiger partial charge on any atom is 0.243 e. The third kappa shape index (κ3) is 7.98. The Morgan fingerprint density at radius 2 is 1.22 bits per heavy atom. The first-order valence-electron chi connectivity index (χ1n) is 9.83. The van der Waals surface area contributed by atoms with E-state index in [1.165, 1.54) is 31.2 Å². The van der Waals surface area contributed by atoms with Crippen LogP contribution in [0.25, 0.3) is 0 Å². The molecule has 0 saturated heterocycles. The van der Waals surface area contributed by atoms with Crippen LogP contribution in [0.5, 0.6) is 11.5 Å². The molecule has 2 rings (SSSR count). The van der Waals surface area contributed by atoms with Crippen molar-refractivity contribution in [2.75, 3.05) is 6.54 Å². The number of nitrogens with two attached hydrogens (primary N) is 1. The summed E-state index contributed by atoms with van der Waals surface area (Å²) in [6.07, 6.45) is 0.198. The van der Waals surface area contributed by atoms with E-state index in [0.717, 1.165) is 0 Å². The van der Waals surface area contributed by atoms with Gasteiger partial charge in [-0.05, 0) is 35.4 Å². The largest absolute Gasteiger partial charge is 0.508 e. The van der Waals surface area contributed by atoms with Crippen LogP contribution in [0.1, 0.15) is 18.1 Å². The molecule has 0 heterocycles. The number of phenolic OH excluding ortho intramolecular Hbond substituents is 2. The minimum atomic E-state index is -1.07. The average molecular weight is 442 g/mol. The van der Waals surface area contributed by atoms with Gasteiger partial charge in [-0.1, -0.05) is 24.3 Å². The third-order valence-corrected chi connectivity index (χ3v) is 4.52. The maximum atomic E-state index is 13.0. The van der Waals surface area contributed by atoms with Gasteiger partial charge in [0.15, 0.2) is 0 Å². The van der Waals surface area contributed by atoms with Gasteiger partial charge < -0.3 is 31.9 Å². The highest BCUT2D eigenvalue weighted by molar-refractivity contribution is 5.93. The number of hydrogen-bond acceptors (Lipinski definition) is 6. The molecule has 0 fully saturated rings. The summed E-state index contributed by atoms with van der Waals surface area (Å²) in [5, 5.41) is 26.4. The van der Waals surface area contributed by atoms with Gasteiger partial charge in [-0.15, -0.1) is 0 Å². The molecule has 7 N–H and O–H groups in total. The highest BCUT2D eigenvalue weighted by Crippen LogP contribution is 2.13. The predicted molar refractivity (Wildman–Crippen MR) is 115 cm³/mol. The molecule has 0 aliphatic carbocycles. The van der Waals surface area contributed by atoms with Crippen molar-refractivity contribution >= 4 is 23.6 Å². The van der Waals surface area contributed by atoms with Gasteiger partial charge in [0.05, 0.1) is 6.54 Å². The van der Waals surface area contributed by atoms with E-state index in [9.17, 15) is 29.4 Å². The van der Waals surface area contributed by atoms with Gasteiger partial charge >= 0.3 is 0 Å². The number of rotatable bonds is 10. The van der Waals surface area contributed by atoms with Gasteiger partial charge in [-0.3, -0.25) is 19.2 Å². The van der Waals surface area contributed by atoms with E-state index >= 15 is 0 Å². The van der Waals surface area contributed by atoms with Gasteiger partial charge in [0.2, 0.25) is 23.6 Å².